The number of aryl methyl sites for hydroxylation is 2. The van der Waals surface area contributed by atoms with Crippen molar-refractivity contribution >= 4 is 15.8 Å². The predicted octanol–water partition coefficient (Wildman–Crippen LogP) is 0.789. The first-order chi connectivity index (χ1) is 8.88. The van der Waals surface area contributed by atoms with Crippen molar-refractivity contribution in [2.24, 2.45) is 7.05 Å². The quantitative estimate of drug-likeness (QED) is 0.866. The first-order valence-electron chi connectivity index (χ1n) is 5.73. The maximum Gasteiger partial charge on any atom is 0.246 e. The molecule has 3 N–H and O–H groups in total. The van der Waals surface area contributed by atoms with Crippen molar-refractivity contribution in [2.45, 2.75) is 18.4 Å². The molecular formula is C12H16N4O2S. The van der Waals surface area contributed by atoms with Gasteiger partial charge in [0.2, 0.25) is 10.0 Å². The maximum atomic E-state index is 12.1. The number of nitrogen functional groups attached to an aromatic ring is 1. The third kappa shape index (κ3) is 3.12. The van der Waals surface area contributed by atoms with Crippen LogP contribution in [0.3, 0.4) is 0 Å². The van der Waals surface area contributed by atoms with Gasteiger partial charge < -0.3 is 5.73 Å². The highest BCUT2D eigenvalue weighted by Gasteiger charge is 2.20. The Bertz CT molecular complexity index is 674. The second-order valence-corrected chi connectivity index (χ2v) is 6.10. The van der Waals surface area contributed by atoms with E-state index in [1.54, 1.807) is 7.05 Å². The molecule has 0 aliphatic heterocycles. The fourth-order valence-corrected chi connectivity index (χ4v) is 2.77. The smallest absolute Gasteiger partial charge is 0.246 e. The Morgan fingerprint density at radius 2 is 1.95 bits per heavy atom. The Labute approximate surface area is 112 Å². The minimum atomic E-state index is -3.64. The van der Waals surface area contributed by atoms with E-state index in [1.165, 1.54) is 10.9 Å². The molecule has 2 aromatic rings. The molecule has 102 valence electrons. The number of hydrogen-bond acceptors (Lipinski definition) is 4. The first-order valence-corrected chi connectivity index (χ1v) is 7.21. The van der Waals surface area contributed by atoms with Crippen molar-refractivity contribution in [3.05, 3.63) is 41.6 Å². The van der Waals surface area contributed by atoms with Crippen LogP contribution in [0.2, 0.25) is 0 Å². The van der Waals surface area contributed by atoms with Gasteiger partial charge in [-0.3, -0.25) is 4.68 Å². The number of anilines is 1. The molecule has 0 saturated carbocycles. The van der Waals surface area contributed by atoms with Crippen LogP contribution in [0.5, 0.6) is 0 Å². The minimum Gasteiger partial charge on any atom is -0.381 e. The summed E-state index contributed by atoms with van der Waals surface area (Å²) >= 11 is 0. The Kier molecular flexibility index (Phi) is 3.59. The van der Waals surface area contributed by atoms with Crippen LogP contribution < -0.4 is 10.5 Å². The summed E-state index contributed by atoms with van der Waals surface area (Å²) in [6, 6.07) is 7.62. The minimum absolute atomic E-state index is 0.00101. The molecule has 6 nitrogen and oxygen atoms in total. The van der Waals surface area contributed by atoms with E-state index >= 15 is 0 Å². The van der Waals surface area contributed by atoms with Gasteiger partial charge in [0.25, 0.3) is 0 Å². The van der Waals surface area contributed by atoms with E-state index in [0.29, 0.717) is 0 Å². The second-order valence-electron chi connectivity index (χ2n) is 4.36. The zero-order valence-corrected chi connectivity index (χ0v) is 11.6. The third-order valence-electron chi connectivity index (χ3n) is 2.70. The standard InChI is InChI=1S/C12H16N4O2S/c1-9-3-5-10(6-4-9)7-14-19(17,18)11-8-16(2)15-12(11)13/h3-6,8,14H,7H2,1-2H3,(H2,13,15). The van der Waals surface area contributed by atoms with Crippen LogP contribution in [0.25, 0.3) is 0 Å². The van der Waals surface area contributed by atoms with Crippen LogP contribution in [0, 0.1) is 6.92 Å². The zero-order valence-electron chi connectivity index (χ0n) is 10.8. The highest BCUT2D eigenvalue weighted by Crippen LogP contribution is 2.15. The van der Waals surface area contributed by atoms with Crippen molar-refractivity contribution in [2.75, 3.05) is 5.73 Å². The van der Waals surface area contributed by atoms with Crippen molar-refractivity contribution < 1.29 is 8.42 Å². The lowest BCUT2D eigenvalue weighted by molar-refractivity contribution is 0.581. The van der Waals surface area contributed by atoms with Crippen molar-refractivity contribution in [3.63, 3.8) is 0 Å². The van der Waals surface area contributed by atoms with Gasteiger partial charge in [-0.05, 0) is 12.5 Å². The van der Waals surface area contributed by atoms with E-state index in [0.717, 1.165) is 11.1 Å². The van der Waals surface area contributed by atoms with E-state index < -0.39 is 10.0 Å². The van der Waals surface area contributed by atoms with Crippen molar-refractivity contribution in [1.82, 2.24) is 14.5 Å². The number of nitrogens with two attached hydrogens (primary N) is 1. The van der Waals surface area contributed by atoms with E-state index in [1.807, 2.05) is 31.2 Å². The summed E-state index contributed by atoms with van der Waals surface area (Å²) in [6.07, 6.45) is 1.38. The topological polar surface area (TPSA) is 90.0 Å². The zero-order chi connectivity index (χ0) is 14.0. The number of benzene rings is 1. The van der Waals surface area contributed by atoms with Gasteiger partial charge in [-0.15, -0.1) is 0 Å². The molecule has 0 amide bonds. The fourth-order valence-electron chi connectivity index (χ4n) is 1.65. The summed E-state index contributed by atoms with van der Waals surface area (Å²) in [6.45, 7) is 2.20. The molecule has 1 heterocycles. The highest BCUT2D eigenvalue weighted by atomic mass is 32.2. The normalized spacial score (nSPS) is 11.7. The van der Waals surface area contributed by atoms with E-state index in [9.17, 15) is 8.42 Å². The summed E-state index contributed by atoms with van der Waals surface area (Å²) in [5.41, 5.74) is 7.58. The van der Waals surface area contributed by atoms with E-state index in [-0.39, 0.29) is 17.3 Å². The number of sulfonamides is 1. The predicted molar refractivity (Wildman–Crippen MR) is 72.8 cm³/mol. The monoisotopic (exact) mass is 280 g/mol. The summed E-state index contributed by atoms with van der Waals surface area (Å²) in [5, 5.41) is 3.82. The summed E-state index contributed by atoms with van der Waals surface area (Å²) < 4.78 is 28.0. The van der Waals surface area contributed by atoms with E-state index in [2.05, 4.69) is 9.82 Å². The molecule has 0 radical (unpaired) electrons. The Morgan fingerprint density at radius 1 is 1.32 bits per heavy atom. The van der Waals surface area contributed by atoms with Gasteiger partial charge in [0.05, 0.1) is 0 Å². The summed E-state index contributed by atoms with van der Waals surface area (Å²) in [5.74, 6) is -0.00101. The molecule has 19 heavy (non-hydrogen) atoms. The second kappa shape index (κ2) is 5.02. The van der Waals surface area contributed by atoms with Crippen molar-refractivity contribution in [1.29, 1.82) is 0 Å². The lowest BCUT2D eigenvalue weighted by Gasteiger charge is -2.05. The average molecular weight is 280 g/mol. The lowest BCUT2D eigenvalue weighted by atomic mass is 10.2. The average Bonchev–Trinajstić information content (AvgIpc) is 2.69. The molecule has 0 bridgehead atoms. The molecule has 0 spiro atoms. The first kappa shape index (κ1) is 13.6. The molecule has 0 aliphatic carbocycles. The largest absolute Gasteiger partial charge is 0.381 e. The molecule has 0 unspecified atom stereocenters. The SMILES string of the molecule is Cc1ccc(CNS(=O)(=O)c2cn(C)nc2N)cc1. The maximum absolute atomic E-state index is 12.1. The fraction of sp³-hybridized carbons (Fsp3) is 0.250. The lowest BCUT2D eigenvalue weighted by Crippen LogP contribution is -2.23. The Morgan fingerprint density at radius 3 is 2.47 bits per heavy atom. The Hall–Kier alpha value is -1.86. The number of nitrogens with one attached hydrogen (secondary N) is 1. The number of rotatable bonds is 4. The van der Waals surface area contributed by atoms with Crippen LogP contribution in [0.1, 0.15) is 11.1 Å². The van der Waals surface area contributed by atoms with Gasteiger partial charge in [-0.1, -0.05) is 29.8 Å². The molecule has 1 aromatic heterocycles. The molecule has 0 atom stereocenters. The highest BCUT2D eigenvalue weighted by molar-refractivity contribution is 7.89. The van der Waals surface area contributed by atoms with Gasteiger partial charge in [0.15, 0.2) is 5.82 Å². The third-order valence-corrected chi connectivity index (χ3v) is 4.12. The van der Waals surface area contributed by atoms with Crippen molar-refractivity contribution in [3.8, 4) is 0 Å². The van der Waals surface area contributed by atoms with Gasteiger partial charge in [-0.25, -0.2) is 13.1 Å². The summed E-state index contributed by atoms with van der Waals surface area (Å²) in [7, 11) is -2.02. The van der Waals surface area contributed by atoms with Crippen LogP contribution in [0.4, 0.5) is 5.82 Å². The van der Waals surface area contributed by atoms with Gasteiger partial charge in [-0.2, -0.15) is 5.10 Å². The summed E-state index contributed by atoms with van der Waals surface area (Å²) in [4.78, 5) is 0.00196. The molecular weight excluding hydrogens is 264 g/mol. The number of hydrogen-bond donors (Lipinski definition) is 2. The van der Waals surface area contributed by atoms with Crippen LogP contribution in [0.15, 0.2) is 35.4 Å². The molecule has 7 heteroatoms. The molecule has 2 rings (SSSR count). The molecule has 1 aromatic carbocycles. The van der Waals surface area contributed by atoms with Crippen LogP contribution >= 0.6 is 0 Å². The van der Waals surface area contributed by atoms with Gasteiger partial charge >= 0.3 is 0 Å². The van der Waals surface area contributed by atoms with Crippen LogP contribution in [-0.2, 0) is 23.6 Å². The number of nitrogens with zero attached hydrogens (tertiary/aromatic N) is 2. The molecule has 0 saturated heterocycles. The van der Waals surface area contributed by atoms with Gasteiger partial charge in [0, 0.05) is 19.8 Å². The Balaban J connectivity index is 2.14. The number of aromatic nitrogens is 2. The van der Waals surface area contributed by atoms with E-state index in [4.69, 9.17) is 5.73 Å². The molecule has 0 fully saturated rings. The van der Waals surface area contributed by atoms with Gasteiger partial charge in [0.1, 0.15) is 4.90 Å². The van der Waals surface area contributed by atoms with Crippen LogP contribution in [-0.4, -0.2) is 18.2 Å². The molecule has 0 aliphatic rings.